The first-order chi connectivity index (χ1) is 12.7. The van der Waals surface area contributed by atoms with Crippen molar-refractivity contribution < 1.29 is 14.3 Å². The molecule has 2 fully saturated rings. The number of benzene rings is 1. The minimum Gasteiger partial charge on any atom is -0.379 e. The molecule has 1 aliphatic heterocycles. The zero-order valence-electron chi connectivity index (χ0n) is 15.5. The molecule has 0 spiro atoms. The summed E-state index contributed by atoms with van der Waals surface area (Å²) < 4.78 is 5.50. The molecule has 1 aromatic carbocycles. The predicted octanol–water partition coefficient (Wildman–Crippen LogP) is 2.80. The Labute approximate surface area is 156 Å². The van der Waals surface area contributed by atoms with Gasteiger partial charge in [0.1, 0.15) is 0 Å². The number of morpholine rings is 1. The lowest BCUT2D eigenvalue weighted by Gasteiger charge is -2.48. The maximum absolute atomic E-state index is 12.3. The van der Waals surface area contributed by atoms with Crippen LogP contribution in [0.3, 0.4) is 0 Å². The van der Waals surface area contributed by atoms with E-state index in [1.54, 1.807) is 12.1 Å². The summed E-state index contributed by atoms with van der Waals surface area (Å²) in [5.41, 5.74) is 0.749. The summed E-state index contributed by atoms with van der Waals surface area (Å²) >= 11 is 0. The number of rotatable bonds is 7. The zero-order valence-corrected chi connectivity index (χ0v) is 15.5. The minimum atomic E-state index is -0.0208. The van der Waals surface area contributed by atoms with E-state index in [0.717, 1.165) is 39.1 Å². The van der Waals surface area contributed by atoms with Gasteiger partial charge in [-0.05, 0) is 12.8 Å². The van der Waals surface area contributed by atoms with Crippen LogP contribution >= 0.6 is 0 Å². The van der Waals surface area contributed by atoms with Crippen molar-refractivity contribution in [2.24, 2.45) is 0 Å². The Hall–Kier alpha value is -1.72. The Morgan fingerprint density at radius 2 is 1.69 bits per heavy atom. The largest absolute Gasteiger partial charge is 0.379 e. The second-order valence-electron chi connectivity index (χ2n) is 7.45. The Morgan fingerprint density at radius 3 is 2.38 bits per heavy atom. The first-order valence-corrected chi connectivity index (χ1v) is 9.87. The van der Waals surface area contributed by atoms with Crippen LogP contribution in [0.2, 0.25) is 0 Å². The van der Waals surface area contributed by atoms with E-state index in [0.29, 0.717) is 12.1 Å². The van der Waals surface area contributed by atoms with Crippen LogP contribution in [-0.2, 0) is 9.53 Å². The summed E-state index contributed by atoms with van der Waals surface area (Å²) in [7, 11) is 0. The molecule has 1 N–H and O–H groups in total. The Morgan fingerprint density at radius 1 is 1.00 bits per heavy atom. The van der Waals surface area contributed by atoms with Crippen molar-refractivity contribution in [2.75, 3.05) is 32.8 Å². The maximum Gasteiger partial charge on any atom is 0.220 e. The molecular weight excluding hydrogens is 328 g/mol. The third-order valence-corrected chi connectivity index (χ3v) is 5.76. The molecule has 0 atom stereocenters. The normalized spacial score (nSPS) is 20.5. The van der Waals surface area contributed by atoms with Crippen molar-refractivity contribution in [2.45, 2.75) is 50.5 Å². The summed E-state index contributed by atoms with van der Waals surface area (Å²) in [5, 5.41) is 3.12. The van der Waals surface area contributed by atoms with Crippen molar-refractivity contribution in [1.29, 1.82) is 0 Å². The monoisotopic (exact) mass is 358 g/mol. The topological polar surface area (TPSA) is 58.6 Å². The van der Waals surface area contributed by atoms with Gasteiger partial charge in [0.25, 0.3) is 0 Å². The van der Waals surface area contributed by atoms with Crippen LogP contribution in [0.1, 0.15) is 55.3 Å². The Kier molecular flexibility index (Phi) is 6.80. The zero-order chi connectivity index (χ0) is 18.2. The van der Waals surface area contributed by atoms with Crippen molar-refractivity contribution in [1.82, 2.24) is 10.2 Å². The van der Waals surface area contributed by atoms with Gasteiger partial charge in [0.15, 0.2) is 5.78 Å². The van der Waals surface area contributed by atoms with Crippen molar-refractivity contribution >= 4 is 11.7 Å². The highest BCUT2D eigenvalue weighted by molar-refractivity contribution is 5.97. The number of nitrogens with zero attached hydrogens (tertiary/aromatic N) is 1. The number of ether oxygens (including phenoxy) is 1. The quantitative estimate of drug-likeness (QED) is 0.762. The standard InChI is InChI=1S/C21H30N2O3/c24-19(18-7-3-1-4-8-18)9-10-20(25)22-17-21(11-5-2-6-12-21)23-13-15-26-16-14-23/h1,3-4,7-8H,2,5-6,9-17H2,(H,22,25). The molecule has 2 aliphatic rings. The molecule has 1 saturated heterocycles. The molecule has 1 saturated carbocycles. The first-order valence-electron chi connectivity index (χ1n) is 9.87. The minimum absolute atomic E-state index is 0.0208. The maximum atomic E-state index is 12.3. The first kappa shape index (κ1) is 19.1. The fourth-order valence-corrected chi connectivity index (χ4v) is 4.20. The Bertz CT molecular complexity index is 591. The summed E-state index contributed by atoms with van der Waals surface area (Å²) in [4.78, 5) is 27.0. The highest BCUT2D eigenvalue weighted by Gasteiger charge is 2.38. The molecule has 3 rings (SSSR count). The number of amides is 1. The fraction of sp³-hybridized carbons (Fsp3) is 0.619. The third-order valence-electron chi connectivity index (χ3n) is 5.76. The van der Waals surface area contributed by atoms with Crippen molar-refractivity contribution in [3.05, 3.63) is 35.9 Å². The van der Waals surface area contributed by atoms with Gasteiger partial charge in [-0.25, -0.2) is 0 Å². The highest BCUT2D eigenvalue weighted by atomic mass is 16.5. The molecule has 142 valence electrons. The van der Waals surface area contributed by atoms with Gasteiger partial charge in [-0.2, -0.15) is 0 Å². The van der Waals surface area contributed by atoms with Gasteiger partial charge >= 0.3 is 0 Å². The second kappa shape index (κ2) is 9.28. The number of Topliss-reactive ketones (excluding diaryl/α,β-unsaturated/α-hetero) is 1. The SMILES string of the molecule is O=C(CCC(=O)c1ccccc1)NCC1(N2CCOCC2)CCCCC1. The van der Waals surface area contributed by atoms with Gasteiger partial charge < -0.3 is 10.1 Å². The van der Waals surface area contributed by atoms with Gasteiger partial charge in [-0.15, -0.1) is 0 Å². The summed E-state index contributed by atoms with van der Waals surface area (Å²) in [6, 6.07) is 9.19. The van der Waals surface area contributed by atoms with Crippen molar-refractivity contribution in [3.63, 3.8) is 0 Å². The van der Waals surface area contributed by atoms with E-state index in [4.69, 9.17) is 4.74 Å². The number of carbonyl (C=O) groups excluding carboxylic acids is 2. The number of nitrogens with one attached hydrogen (secondary N) is 1. The second-order valence-corrected chi connectivity index (χ2v) is 7.45. The van der Waals surface area contributed by atoms with E-state index in [2.05, 4.69) is 10.2 Å². The van der Waals surface area contributed by atoms with E-state index >= 15 is 0 Å². The van der Waals surface area contributed by atoms with Crippen LogP contribution in [-0.4, -0.2) is 55.0 Å². The third kappa shape index (κ3) is 4.92. The molecule has 26 heavy (non-hydrogen) atoms. The van der Waals surface area contributed by atoms with E-state index in [9.17, 15) is 9.59 Å². The van der Waals surface area contributed by atoms with Gasteiger partial charge in [0.05, 0.1) is 13.2 Å². The molecule has 1 amide bonds. The van der Waals surface area contributed by atoms with Crippen molar-refractivity contribution in [3.8, 4) is 0 Å². The van der Waals surface area contributed by atoms with E-state index < -0.39 is 0 Å². The van der Waals surface area contributed by atoms with Gasteiger partial charge in [-0.3, -0.25) is 14.5 Å². The molecule has 0 unspecified atom stereocenters. The Balaban J connectivity index is 1.50. The smallest absolute Gasteiger partial charge is 0.220 e. The highest BCUT2D eigenvalue weighted by Crippen LogP contribution is 2.33. The summed E-state index contributed by atoms with van der Waals surface area (Å²) in [6.45, 7) is 4.14. The average Bonchev–Trinajstić information content (AvgIpc) is 2.72. The van der Waals surface area contributed by atoms with E-state index in [1.165, 1.54) is 19.3 Å². The molecule has 0 radical (unpaired) electrons. The molecule has 1 aromatic rings. The van der Waals surface area contributed by atoms with Crippen LogP contribution in [0.4, 0.5) is 0 Å². The lowest BCUT2D eigenvalue weighted by atomic mass is 9.79. The molecule has 1 heterocycles. The van der Waals surface area contributed by atoms with E-state index in [-0.39, 0.29) is 30.1 Å². The lowest BCUT2D eigenvalue weighted by molar-refractivity contribution is -0.122. The molecule has 5 heteroatoms. The summed E-state index contributed by atoms with van der Waals surface area (Å²) in [5.74, 6) is 0.00815. The van der Waals surface area contributed by atoms with Crippen LogP contribution in [0.15, 0.2) is 30.3 Å². The molecule has 0 bridgehead atoms. The molecule has 5 nitrogen and oxygen atoms in total. The number of hydrogen-bond acceptors (Lipinski definition) is 4. The van der Waals surface area contributed by atoms with Crippen LogP contribution < -0.4 is 5.32 Å². The predicted molar refractivity (Wildman–Crippen MR) is 101 cm³/mol. The molecule has 0 aromatic heterocycles. The van der Waals surface area contributed by atoms with Gasteiger partial charge in [-0.1, -0.05) is 49.6 Å². The van der Waals surface area contributed by atoms with Crippen LogP contribution in [0.25, 0.3) is 0 Å². The number of ketones is 1. The number of hydrogen-bond donors (Lipinski definition) is 1. The van der Waals surface area contributed by atoms with E-state index in [1.807, 2.05) is 18.2 Å². The number of carbonyl (C=O) groups is 2. The lowest BCUT2D eigenvalue weighted by Crippen LogP contribution is -2.59. The van der Waals surface area contributed by atoms with Crippen LogP contribution in [0.5, 0.6) is 0 Å². The summed E-state index contributed by atoms with van der Waals surface area (Å²) in [6.07, 6.45) is 6.52. The average molecular weight is 358 g/mol. The van der Waals surface area contributed by atoms with Gasteiger partial charge in [0.2, 0.25) is 5.91 Å². The van der Waals surface area contributed by atoms with Crippen LogP contribution in [0, 0.1) is 0 Å². The fourth-order valence-electron chi connectivity index (χ4n) is 4.20. The molecule has 1 aliphatic carbocycles. The van der Waals surface area contributed by atoms with Gasteiger partial charge in [0, 0.05) is 43.6 Å². The molecular formula is C21H30N2O3.